The summed E-state index contributed by atoms with van der Waals surface area (Å²) in [6.45, 7) is 0. The van der Waals surface area contributed by atoms with Crippen LogP contribution < -0.4 is 5.46 Å². The highest BCUT2D eigenvalue weighted by Gasteiger charge is 2.39. The molecule has 2 N–H and O–H groups in total. The molecule has 1 aromatic carbocycles. The Morgan fingerprint density at radius 1 is 1.00 bits per heavy atom. The second-order valence-electron chi connectivity index (χ2n) is 7.00. The topological polar surface area (TPSA) is 74.7 Å². The van der Waals surface area contributed by atoms with E-state index in [1.807, 2.05) is 30.3 Å². The maximum atomic E-state index is 12.0. The quantitative estimate of drug-likeness (QED) is 0.553. The normalized spacial score (nSPS) is 14.6. The molecule has 0 aliphatic heterocycles. The number of nitrogens with zero attached hydrogens (tertiary/aromatic N) is 3. The van der Waals surface area contributed by atoms with Gasteiger partial charge in [0, 0.05) is 23.9 Å². The monoisotopic (exact) mass is 352 g/mol. The van der Waals surface area contributed by atoms with Gasteiger partial charge in [-0.25, -0.2) is 4.98 Å². The van der Waals surface area contributed by atoms with Crippen LogP contribution in [-0.4, -0.2) is 32.9 Å². The number of aromatic amines is 1. The summed E-state index contributed by atoms with van der Waals surface area (Å²) in [4.78, 5) is 17.0. The van der Waals surface area contributed by atoms with Gasteiger partial charge in [-0.1, -0.05) is 23.7 Å². The highest BCUT2D eigenvalue weighted by Crippen LogP contribution is 2.41. The first kappa shape index (κ1) is 16.2. The molecule has 1 saturated carbocycles. The Bertz CT molecular complexity index is 1070. The fourth-order valence-corrected chi connectivity index (χ4v) is 3.55. The van der Waals surface area contributed by atoms with Crippen molar-refractivity contribution in [3.8, 4) is 0 Å². The number of hydrogen-bond acceptors (Lipinski definition) is 4. The van der Waals surface area contributed by atoms with E-state index in [0.717, 1.165) is 24.2 Å². The van der Waals surface area contributed by atoms with Crippen molar-refractivity contribution < 1.29 is 5.11 Å². The number of rotatable bonds is 4. The zero-order valence-electron chi connectivity index (χ0n) is 14.6. The van der Waals surface area contributed by atoms with Gasteiger partial charge in [0.25, 0.3) is 0 Å². The lowest BCUT2D eigenvalue weighted by Gasteiger charge is -2.28. The van der Waals surface area contributed by atoms with Crippen LogP contribution in [-0.2, 0) is 5.60 Å². The molecule has 0 atom stereocenters. The molecule has 0 spiro atoms. The van der Waals surface area contributed by atoms with Gasteiger partial charge in [-0.3, -0.25) is 9.97 Å². The van der Waals surface area contributed by atoms with E-state index < -0.39 is 5.60 Å². The molecule has 5 rings (SSSR count). The number of nitrogens with one attached hydrogen (secondary N) is 1. The van der Waals surface area contributed by atoms with Gasteiger partial charge >= 0.3 is 0 Å². The van der Waals surface area contributed by atoms with Crippen LogP contribution in [0, 0.1) is 0 Å². The number of imidazole rings is 1. The van der Waals surface area contributed by atoms with E-state index in [1.165, 1.54) is 0 Å². The van der Waals surface area contributed by atoms with Gasteiger partial charge in [-0.2, -0.15) is 0 Å². The maximum absolute atomic E-state index is 12.0. The Labute approximate surface area is 157 Å². The summed E-state index contributed by atoms with van der Waals surface area (Å²) in [5.41, 5.74) is 2.04. The van der Waals surface area contributed by atoms with E-state index in [4.69, 9.17) is 12.8 Å². The molecule has 0 bridgehead atoms. The molecular weight excluding hydrogens is 335 g/mol. The standard InChI is InChI=1S/C21H17BN4O/c22-14-11-15(19-16(12-14)25-20(26-19)13-7-8-13)21(27,17-5-1-3-9-23-17)18-6-2-4-10-24-18/h1-6,9-13,27H,7-8H2,(H,25,26). The lowest BCUT2D eigenvalue weighted by atomic mass is 9.82. The van der Waals surface area contributed by atoms with Crippen LogP contribution in [0.5, 0.6) is 0 Å². The van der Waals surface area contributed by atoms with Crippen LogP contribution in [0.3, 0.4) is 0 Å². The molecule has 27 heavy (non-hydrogen) atoms. The molecular formula is C21H17BN4O. The van der Waals surface area contributed by atoms with E-state index in [2.05, 4.69) is 15.0 Å². The van der Waals surface area contributed by atoms with E-state index in [-0.39, 0.29) is 0 Å². The van der Waals surface area contributed by atoms with Gasteiger partial charge in [-0.15, -0.1) is 0 Å². The molecule has 0 saturated heterocycles. The van der Waals surface area contributed by atoms with Gasteiger partial charge in [0.2, 0.25) is 0 Å². The first-order valence-electron chi connectivity index (χ1n) is 9.01. The Kier molecular flexibility index (Phi) is 3.62. The van der Waals surface area contributed by atoms with Crippen LogP contribution in [0.2, 0.25) is 0 Å². The van der Waals surface area contributed by atoms with E-state index in [0.29, 0.717) is 33.8 Å². The van der Waals surface area contributed by atoms with Crippen LogP contribution in [0.15, 0.2) is 60.9 Å². The molecule has 1 aliphatic rings. The summed E-state index contributed by atoms with van der Waals surface area (Å²) in [5.74, 6) is 1.41. The summed E-state index contributed by atoms with van der Waals surface area (Å²) in [6, 6.07) is 14.5. The number of fused-ring (bicyclic) bond motifs is 1. The van der Waals surface area contributed by atoms with Crippen molar-refractivity contribution in [3.05, 3.63) is 83.7 Å². The molecule has 6 heteroatoms. The summed E-state index contributed by atoms with van der Waals surface area (Å²) in [5, 5.41) is 12.0. The Morgan fingerprint density at radius 3 is 2.22 bits per heavy atom. The zero-order valence-corrected chi connectivity index (χ0v) is 14.6. The highest BCUT2D eigenvalue weighted by atomic mass is 16.3. The van der Waals surface area contributed by atoms with E-state index in [1.54, 1.807) is 30.6 Å². The predicted octanol–water partition coefficient (Wildman–Crippen LogP) is 2.31. The zero-order chi connectivity index (χ0) is 18.4. The first-order chi connectivity index (χ1) is 13.2. The van der Waals surface area contributed by atoms with Crippen molar-refractivity contribution in [1.82, 2.24) is 19.9 Å². The van der Waals surface area contributed by atoms with Crippen LogP contribution in [0.4, 0.5) is 0 Å². The summed E-state index contributed by atoms with van der Waals surface area (Å²) >= 11 is 0. The fourth-order valence-electron chi connectivity index (χ4n) is 3.55. The van der Waals surface area contributed by atoms with Crippen LogP contribution >= 0.6 is 0 Å². The Hall–Kier alpha value is -2.99. The Morgan fingerprint density at radius 2 is 1.67 bits per heavy atom. The third-order valence-corrected chi connectivity index (χ3v) is 5.05. The van der Waals surface area contributed by atoms with Crippen molar-refractivity contribution in [2.75, 3.05) is 0 Å². The molecule has 3 heterocycles. The molecule has 3 aromatic heterocycles. The molecule has 0 unspecified atom stereocenters. The van der Waals surface area contributed by atoms with Crippen molar-refractivity contribution in [2.45, 2.75) is 24.4 Å². The molecule has 0 amide bonds. The fraction of sp³-hybridized carbons (Fsp3) is 0.190. The smallest absolute Gasteiger partial charge is 0.176 e. The average Bonchev–Trinajstić information content (AvgIpc) is 3.48. The number of pyridine rings is 2. The van der Waals surface area contributed by atoms with Gasteiger partial charge < -0.3 is 10.1 Å². The third-order valence-electron chi connectivity index (χ3n) is 5.05. The summed E-state index contributed by atoms with van der Waals surface area (Å²) < 4.78 is 0. The SMILES string of the molecule is [B]c1cc(C(O)(c2ccccn2)c2ccccn2)c2nc(C3CC3)[nH]c2c1. The minimum atomic E-state index is -1.56. The number of benzene rings is 1. The summed E-state index contributed by atoms with van der Waals surface area (Å²) in [6.07, 6.45) is 5.59. The lowest BCUT2D eigenvalue weighted by molar-refractivity contribution is 0.117. The largest absolute Gasteiger partial charge is 0.373 e. The second-order valence-corrected chi connectivity index (χ2v) is 7.00. The van der Waals surface area contributed by atoms with Gasteiger partial charge in [0.15, 0.2) is 5.60 Å². The second kappa shape index (κ2) is 6.03. The van der Waals surface area contributed by atoms with Gasteiger partial charge in [-0.05, 0) is 43.2 Å². The van der Waals surface area contributed by atoms with Crippen LogP contribution in [0.1, 0.15) is 41.5 Å². The van der Waals surface area contributed by atoms with Crippen molar-refractivity contribution in [1.29, 1.82) is 0 Å². The van der Waals surface area contributed by atoms with Gasteiger partial charge in [0.05, 0.1) is 22.4 Å². The van der Waals surface area contributed by atoms with Crippen molar-refractivity contribution >= 4 is 24.3 Å². The lowest BCUT2D eigenvalue weighted by Crippen LogP contribution is -2.32. The minimum absolute atomic E-state index is 0.462. The molecule has 4 aromatic rings. The molecule has 130 valence electrons. The predicted molar refractivity (Wildman–Crippen MR) is 104 cm³/mol. The minimum Gasteiger partial charge on any atom is -0.373 e. The van der Waals surface area contributed by atoms with E-state index in [9.17, 15) is 5.11 Å². The van der Waals surface area contributed by atoms with E-state index >= 15 is 0 Å². The number of aromatic nitrogens is 4. The first-order valence-corrected chi connectivity index (χ1v) is 9.01. The van der Waals surface area contributed by atoms with Crippen LogP contribution in [0.25, 0.3) is 11.0 Å². The highest BCUT2D eigenvalue weighted by molar-refractivity contribution is 6.33. The van der Waals surface area contributed by atoms with Crippen molar-refractivity contribution in [3.63, 3.8) is 0 Å². The molecule has 5 nitrogen and oxygen atoms in total. The van der Waals surface area contributed by atoms with Crippen molar-refractivity contribution in [2.24, 2.45) is 0 Å². The maximum Gasteiger partial charge on any atom is 0.176 e. The number of aliphatic hydroxyl groups is 1. The molecule has 1 aliphatic carbocycles. The Balaban J connectivity index is 1.82. The third kappa shape index (κ3) is 2.64. The summed E-state index contributed by atoms with van der Waals surface area (Å²) in [7, 11) is 6.18. The molecule has 1 fully saturated rings. The average molecular weight is 352 g/mol. The molecule has 2 radical (unpaired) electrons. The van der Waals surface area contributed by atoms with Gasteiger partial charge in [0.1, 0.15) is 13.7 Å². The number of H-pyrrole nitrogens is 1. The number of hydrogen-bond donors (Lipinski definition) is 2.